The Kier molecular flexibility index (Phi) is 6.54. The molecule has 0 aliphatic carbocycles. The van der Waals surface area contributed by atoms with Gasteiger partial charge in [-0.15, -0.1) is 0 Å². The maximum Gasteiger partial charge on any atom is 0.272 e. The number of aromatic nitrogens is 2. The minimum absolute atomic E-state index is 0.206. The van der Waals surface area contributed by atoms with Gasteiger partial charge in [0.15, 0.2) is 0 Å². The van der Waals surface area contributed by atoms with Crippen molar-refractivity contribution >= 4 is 5.91 Å². The van der Waals surface area contributed by atoms with E-state index in [-0.39, 0.29) is 17.2 Å². The number of likely N-dealkylation sites (N-methyl/N-ethyl adjacent to an activating group) is 1. The zero-order valence-corrected chi connectivity index (χ0v) is 17.7. The van der Waals surface area contributed by atoms with Crippen molar-refractivity contribution < 1.29 is 4.79 Å². The normalized spacial score (nSPS) is 15.0. The smallest absolute Gasteiger partial charge is 0.272 e. The van der Waals surface area contributed by atoms with Crippen LogP contribution in [-0.2, 0) is 13.1 Å². The Morgan fingerprint density at radius 3 is 2.45 bits per heavy atom. The average molecular weight is 418 g/mol. The number of benzene rings is 2. The third-order valence-corrected chi connectivity index (χ3v) is 5.48. The molecule has 0 atom stereocenters. The molecule has 1 aliphatic rings. The Balaban J connectivity index is 1.39. The molecule has 2 aromatic carbocycles. The van der Waals surface area contributed by atoms with Gasteiger partial charge < -0.3 is 10.2 Å². The second-order valence-corrected chi connectivity index (χ2v) is 7.89. The Bertz CT molecular complexity index is 1090. The summed E-state index contributed by atoms with van der Waals surface area (Å²) in [4.78, 5) is 29.6. The summed E-state index contributed by atoms with van der Waals surface area (Å²) in [6.07, 6.45) is 0. The largest absolute Gasteiger partial charge is 0.347 e. The molecule has 3 aromatic rings. The Morgan fingerprint density at radius 2 is 1.68 bits per heavy atom. The van der Waals surface area contributed by atoms with E-state index in [0.29, 0.717) is 12.2 Å². The van der Waals surface area contributed by atoms with Crippen LogP contribution in [0.3, 0.4) is 0 Å². The first-order valence-corrected chi connectivity index (χ1v) is 10.5. The Labute approximate surface area is 181 Å². The van der Waals surface area contributed by atoms with Gasteiger partial charge in [-0.2, -0.15) is 9.78 Å². The first-order chi connectivity index (χ1) is 15.1. The zero-order valence-electron chi connectivity index (χ0n) is 17.7. The van der Waals surface area contributed by atoms with Gasteiger partial charge in [-0.05, 0) is 36.4 Å². The van der Waals surface area contributed by atoms with Crippen LogP contribution in [0, 0.1) is 0 Å². The lowest BCUT2D eigenvalue weighted by molar-refractivity contribution is 0.0944. The van der Waals surface area contributed by atoms with Crippen LogP contribution in [-0.4, -0.2) is 58.7 Å². The number of piperazine rings is 1. The predicted octanol–water partition coefficient (Wildman–Crippen LogP) is 1.91. The van der Waals surface area contributed by atoms with Crippen molar-refractivity contribution in [2.24, 2.45) is 0 Å². The minimum atomic E-state index is -0.311. The van der Waals surface area contributed by atoms with E-state index in [1.165, 1.54) is 22.4 Å². The van der Waals surface area contributed by atoms with Gasteiger partial charge in [-0.1, -0.05) is 42.5 Å². The molecule has 7 heteroatoms. The highest BCUT2D eigenvalue weighted by Crippen LogP contribution is 2.11. The molecule has 31 heavy (non-hydrogen) atoms. The van der Waals surface area contributed by atoms with Crippen molar-refractivity contribution in [1.29, 1.82) is 0 Å². The fourth-order valence-electron chi connectivity index (χ4n) is 3.66. The van der Waals surface area contributed by atoms with Crippen LogP contribution in [0.1, 0.15) is 21.6 Å². The topological polar surface area (TPSA) is 70.5 Å². The van der Waals surface area contributed by atoms with Crippen molar-refractivity contribution in [3.63, 3.8) is 0 Å². The third-order valence-electron chi connectivity index (χ3n) is 5.48. The first-order valence-electron chi connectivity index (χ1n) is 10.5. The summed E-state index contributed by atoms with van der Waals surface area (Å²) in [5, 5.41) is 7.15. The number of hydrogen-bond donors (Lipinski definition) is 1. The van der Waals surface area contributed by atoms with E-state index in [9.17, 15) is 9.59 Å². The van der Waals surface area contributed by atoms with Gasteiger partial charge in [0.25, 0.3) is 11.5 Å². The van der Waals surface area contributed by atoms with Gasteiger partial charge in [-0.3, -0.25) is 14.5 Å². The lowest BCUT2D eigenvalue weighted by Gasteiger charge is -2.32. The molecular formula is C24H27N5O2. The molecule has 0 saturated carbocycles. The third kappa shape index (κ3) is 5.45. The standard InChI is InChI=1S/C24H27N5O2/c1-27-12-14-28(15-13-27)18-20-7-5-6-19(16-20)17-25-24(31)22-10-11-23(30)29(26-22)21-8-3-2-4-9-21/h2-11,16H,12-15,17-18H2,1H3,(H,25,31). The molecule has 160 valence electrons. The van der Waals surface area contributed by atoms with Crippen LogP contribution in [0.25, 0.3) is 5.69 Å². The van der Waals surface area contributed by atoms with Crippen molar-refractivity contribution in [2.45, 2.75) is 13.1 Å². The van der Waals surface area contributed by atoms with Gasteiger partial charge in [-0.25, -0.2) is 0 Å². The first kappa shape index (κ1) is 21.0. The lowest BCUT2D eigenvalue weighted by Crippen LogP contribution is -2.43. The number of nitrogens with zero attached hydrogens (tertiary/aromatic N) is 4. The van der Waals surface area contributed by atoms with E-state index in [0.717, 1.165) is 38.3 Å². The lowest BCUT2D eigenvalue weighted by atomic mass is 10.1. The van der Waals surface area contributed by atoms with Crippen LogP contribution in [0.4, 0.5) is 0 Å². The summed E-state index contributed by atoms with van der Waals surface area (Å²) in [5.41, 5.74) is 2.83. The molecule has 1 aliphatic heterocycles. The molecule has 2 heterocycles. The van der Waals surface area contributed by atoms with Crippen LogP contribution in [0.15, 0.2) is 71.5 Å². The van der Waals surface area contributed by atoms with Crippen LogP contribution in [0.2, 0.25) is 0 Å². The van der Waals surface area contributed by atoms with Crippen molar-refractivity contribution in [3.05, 3.63) is 93.9 Å². The number of carbonyl (C=O) groups is 1. The van der Waals surface area contributed by atoms with E-state index in [1.807, 2.05) is 30.3 Å². The number of rotatable bonds is 6. The molecule has 1 N–H and O–H groups in total. The predicted molar refractivity (Wildman–Crippen MR) is 120 cm³/mol. The Morgan fingerprint density at radius 1 is 0.935 bits per heavy atom. The molecule has 1 saturated heterocycles. The van der Waals surface area contributed by atoms with Gasteiger partial charge >= 0.3 is 0 Å². The second-order valence-electron chi connectivity index (χ2n) is 7.89. The Hall–Kier alpha value is -3.29. The van der Waals surface area contributed by atoms with E-state index < -0.39 is 0 Å². The quantitative estimate of drug-likeness (QED) is 0.664. The van der Waals surface area contributed by atoms with Crippen molar-refractivity contribution in [2.75, 3.05) is 33.2 Å². The average Bonchev–Trinajstić information content (AvgIpc) is 2.80. The van der Waals surface area contributed by atoms with E-state index >= 15 is 0 Å². The van der Waals surface area contributed by atoms with E-state index in [1.54, 1.807) is 12.1 Å². The molecule has 0 spiro atoms. The van der Waals surface area contributed by atoms with Gasteiger partial charge in [0.2, 0.25) is 0 Å². The molecule has 4 rings (SSSR count). The van der Waals surface area contributed by atoms with Crippen molar-refractivity contribution in [1.82, 2.24) is 24.9 Å². The van der Waals surface area contributed by atoms with E-state index in [2.05, 4.69) is 39.4 Å². The number of amides is 1. The molecule has 1 fully saturated rings. The van der Waals surface area contributed by atoms with E-state index in [4.69, 9.17) is 0 Å². The summed E-state index contributed by atoms with van der Waals surface area (Å²) in [5.74, 6) is -0.311. The van der Waals surface area contributed by atoms with Gasteiger partial charge in [0.1, 0.15) is 5.69 Å². The maximum atomic E-state index is 12.6. The maximum absolute atomic E-state index is 12.6. The highest BCUT2D eigenvalue weighted by Gasteiger charge is 2.14. The van der Waals surface area contributed by atoms with Crippen LogP contribution >= 0.6 is 0 Å². The molecular weight excluding hydrogens is 390 g/mol. The van der Waals surface area contributed by atoms with Gasteiger partial charge in [0.05, 0.1) is 5.69 Å². The fourth-order valence-corrected chi connectivity index (χ4v) is 3.66. The number of carbonyl (C=O) groups excluding carboxylic acids is 1. The molecule has 1 amide bonds. The molecule has 0 unspecified atom stereocenters. The SMILES string of the molecule is CN1CCN(Cc2cccc(CNC(=O)c3ccc(=O)n(-c4ccccc4)n3)c2)CC1. The zero-order chi connectivity index (χ0) is 21.6. The molecule has 7 nitrogen and oxygen atoms in total. The summed E-state index contributed by atoms with van der Waals surface area (Å²) >= 11 is 0. The number of nitrogens with one attached hydrogen (secondary N) is 1. The molecule has 0 bridgehead atoms. The summed E-state index contributed by atoms with van der Waals surface area (Å²) in [6, 6.07) is 20.2. The monoisotopic (exact) mass is 417 g/mol. The number of hydrogen-bond acceptors (Lipinski definition) is 5. The highest BCUT2D eigenvalue weighted by atomic mass is 16.2. The van der Waals surface area contributed by atoms with Crippen LogP contribution in [0.5, 0.6) is 0 Å². The fraction of sp³-hybridized carbons (Fsp3) is 0.292. The summed E-state index contributed by atoms with van der Waals surface area (Å²) in [7, 11) is 2.15. The minimum Gasteiger partial charge on any atom is -0.347 e. The second kappa shape index (κ2) is 9.68. The highest BCUT2D eigenvalue weighted by molar-refractivity contribution is 5.92. The van der Waals surface area contributed by atoms with Crippen molar-refractivity contribution in [3.8, 4) is 5.69 Å². The van der Waals surface area contributed by atoms with Crippen LogP contribution < -0.4 is 10.9 Å². The summed E-state index contributed by atoms with van der Waals surface area (Å²) < 4.78 is 1.24. The summed E-state index contributed by atoms with van der Waals surface area (Å²) in [6.45, 7) is 5.64. The van der Waals surface area contributed by atoms with Gasteiger partial charge in [0, 0.05) is 45.3 Å². The molecule has 0 radical (unpaired) electrons. The number of para-hydroxylation sites is 1. The molecule has 1 aromatic heterocycles.